The maximum Gasteiger partial charge on any atom is 0.239 e. The quantitative estimate of drug-likeness (QED) is 0.580. The van der Waals surface area contributed by atoms with Gasteiger partial charge in [0.15, 0.2) is 0 Å². The highest BCUT2D eigenvalue weighted by molar-refractivity contribution is 7.88. The van der Waals surface area contributed by atoms with Crippen LogP contribution in [0, 0.1) is 5.92 Å². The van der Waals surface area contributed by atoms with Crippen LogP contribution in [0.5, 0.6) is 0 Å². The highest BCUT2D eigenvalue weighted by Gasteiger charge is 2.35. The fourth-order valence-electron chi connectivity index (χ4n) is 5.08. The molecule has 1 heterocycles. The first-order valence-corrected chi connectivity index (χ1v) is 13.9. The Morgan fingerprint density at radius 2 is 1.75 bits per heavy atom. The lowest BCUT2D eigenvalue weighted by Crippen LogP contribution is -2.58. The average molecular weight is 485 g/mol. The second kappa shape index (κ2) is 11.3. The molecule has 1 aromatic carbocycles. The second-order valence-electron chi connectivity index (χ2n) is 9.12. The van der Waals surface area contributed by atoms with Crippen molar-refractivity contribution in [3.63, 3.8) is 0 Å². The van der Waals surface area contributed by atoms with Gasteiger partial charge in [0.05, 0.1) is 12.3 Å². The average Bonchev–Trinajstić information content (AvgIpc) is 3.29. The molecule has 1 amide bonds. The van der Waals surface area contributed by atoms with E-state index in [4.69, 9.17) is 17.3 Å². The predicted octanol–water partition coefficient (Wildman–Crippen LogP) is 2.19. The minimum Gasteiger partial charge on any atom is -0.339 e. The van der Waals surface area contributed by atoms with Gasteiger partial charge in [-0.1, -0.05) is 43.5 Å². The van der Waals surface area contributed by atoms with E-state index >= 15 is 0 Å². The number of hydrogen-bond donors (Lipinski definition) is 1. The monoisotopic (exact) mass is 484 g/mol. The zero-order valence-electron chi connectivity index (χ0n) is 19.2. The molecule has 1 aromatic rings. The maximum absolute atomic E-state index is 12.9. The number of nitrogens with zero attached hydrogens (tertiary/aromatic N) is 3. The number of halogens is 1. The van der Waals surface area contributed by atoms with Crippen molar-refractivity contribution < 1.29 is 13.2 Å². The Labute approximate surface area is 197 Å². The van der Waals surface area contributed by atoms with Crippen molar-refractivity contribution in [2.45, 2.75) is 51.1 Å². The van der Waals surface area contributed by atoms with Crippen molar-refractivity contribution >= 4 is 27.5 Å². The second-order valence-corrected chi connectivity index (χ2v) is 11.5. The molecule has 180 valence electrons. The predicted molar refractivity (Wildman–Crippen MR) is 129 cm³/mol. The Kier molecular flexibility index (Phi) is 8.97. The number of carbonyl (C=O) groups is 1. The van der Waals surface area contributed by atoms with E-state index in [9.17, 15) is 13.2 Å². The first kappa shape index (κ1) is 25.4. The number of sulfonamides is 1. The van der Waals surface area contributed by atoms with Gasteiger partial charge < -0.3 is 10.6 Å². The van der Waals surface area contributed by atoms with Crippen LogP contribution in [0.2, 0.25) is 5.02 Å². The van der Waals surface area contributed by atoms with Crippen molar-refractivity contribution in [1.29, 1.82) is 0 Å². The number of amides is 1. The molecule has 3 rings (SSSR count). The van der Waals surface area contributed by atoms with Crippen LogP contribution in [0.4, 0.5) is 0 Å². The number of likely N-dealkylation sites (N-methyl/N-ethyl adjacent to an activating group) is 1. The lowest BCUT2D eigenvalue weighted by molar-refractivity contribution is -0.134. The van der Waals surface area contributed by atoms with Crippen LogP contribution in [0.1, 0.15) is 38.2 Å². The Morgan fingerprint density at radius 3 is 2.28 bits per heavy atom. The summed E-state index contributed by atoms with van der Waals surface area (Å²) in [6.07, 6.45) is 6.50. The van der Waals surface area contributed by atoms with Crippen LogP contribution in [-0.4, -0.2) is 86.0 Å². The highest BCUT2D eigenvalue weighted by Crippen LogP contribution is 2.31. The van der Waals surface area contributed by atoms with E-state index in [1.807, 2.05) is 36.1 Å². The number of rotatable bonds is 9. The van der Waals surface area contributed by atoms with Crippen molar-refractivity contribution in [2.24, 2.45) is 11.7 Å². The molecule has 2 atom stereocenters. The van der Waals surface area contributed by atoms with Gasteiger partial charge >= 0.3 is 0 Å². The number of carbonyl (C=O) groups excluding carboxylic acids is 1. The number of piperazine rings is 1. The Bertz CT molecular complexity index is 850. The van der Waals surface area contributed by atoms with Crippen molar-refractivity contribution in [3.05, 3.63) is 34.9 Å². The van der Waals surface area contributed by atoms with E-state index in [2.05, 4.69) is 4.90 Å². The summed E-state index contributed by atoms with van der Waals surface area (Å²) in [5.74, 6) is 0.489. The highest BCUT2D eigenvalue weighted by atomic mass is 35.5. The van der Waals surface area contributed by atoms with Crippen LogP contribution >= 0.6 is 11.6 Å². The van der Waals surface area contributed by atoms with E-state index in [0.29, 0.717) is 43.5 Å². The molecule has 2 aliphatic rings. The Morgan fingerprint density at radius 1 is 1.16 bits per heavy atom. The molecule has 2 unspecified atom stereocenters. The molecule has 9 heteroatoms. The molecule has 1 saturated carbocycles. The van der Waals surface area contributed by atoms with E-state index in [1.165, 1.54) is 19.1 Å². The smallest absolute Gasteiger partial charge is 0.239 e. The largest absolute Gasteiger partial charge is 0.339 e. The van der Waals surface area contributed by atoms with Gasteiger partial charge in [0.25, 0.3) is 0 Å². The first-order valence-electron chi connectivity index (χ1n) is 11.7. The third-order valence-electron chi connectivity index (χ3n) is 6.94. The molecule has 32 heavy (non-hydrogen) atoms. The fourth-order valence-corrected chi connectivity index (χ4v) is 6.10. The molecule has 0 aromatic heterocycles. The molecule has 2 N–H and O–H groups in total. The van der Waals surface area contributed by atoms with Gasteiger partial charge in [0.2, 0.25) is 15.9 Å². The zero-order valence-corrected chi connectivity index (χ0v) is 20.8. The van der Waals surface area contributed by atoms with Gasteiger partial charge in [-0.25, -0.2) is 12.7 Å². The molecule has 7 nitrogen and oxygen atoms in total. The summed E-state index contributed by atoms with van der Waals surface area (Å²) in [6.45, 7) is 5.67. The van der Waals surface area contributed by atoms with Crippen molar-refractivity contribution in [2.75, 3.05) is 45.5 Å². The standard InChI is InChI=1S/C23H37ClN4O3S/c1-3-28(32(2,30)31)17-22(19-6-4-5-7-19)26-12-14-27(15-13-26)23(29)21(25)16-18-8-10-20(24)11-9-18/h8-11,19,21-22H,3-7,12-17,25H2,1-2H3. The summed E-state index contributed by atoms with van der Waals surface area (Å²) in [6, 6.07) is 7.06. The van der Waals surface area contributed by atoms with Crippen molar-refractivity contribution in [3.8, 4) is 0 Å². The normalized spacial score (nSPS) is 20.6. The fraction of sp³-hybridized carbons (Fsp3) is 0.696. The summed E-state index contributed by atoms with van der Waals surface area (Å²) < 4.78 is 26.0. The summed E-state index contributed by atoms with van der Waals surface area (Å²) in [5, 5.41) is 0.666. The molecule has 1 aliphatic heterocycles. The molecule has 2 fully saturated rings. The number of nitrogens with two attached hydrogens (primary N) is 1. The van der Waals surface area contributed by atoms with Gasteiger partial charge in [0.1, 0.15) is 0 Å². The Balaban J connectivity index is 1.59. The maximum atomic E-state index is 12.9. The lowest BCUT2D eigenvalue weighted by Gasteiger charge is -2.43. The van der Waals surface area contributed by atoms with E-state index in [0.717, 1.165) is 31.5 Å². The van der Waals surface area contributed by atoms with Crippen LogP contribution in [-0.2, 0) is 21.2 Å². The van der Waals surface area contributed by atoms with Crippen LogP contribution in [0.15, 0.2) is 24.3 Å². The molecule has 0 spiro atoms. The summed E-state index contributed by atoms with van der Waals surface area (Å²) in [5.41, 5.74) is 7.23. The van der Waals surface area contributed by atoms with Gasteiger partial charge in [-0.2, -0.15) is 0 Å². The summed E-state index contributed by atoms with van der Waals surface area (Å²) in [7, 11) is -3.23. The first-order chi connectivity index (χ1) is 15.2. The molecular weight excluding hydrogens is 448 g/mol. The molecule has 0 radical (unpaired) electrons. The third-order valence-corrected chi connectivity index (χ3v) is 8.53. The van der Waals surface area contributed by atoms with Crippen LogP contribution < -0.4 is 5.73 Å². The van der Waals surface area contributed by atoms with Gasteiger partial charge in [-0.3, -0.25) is 9.69 Å². The van der Waals surface area contributed by atoms with Crippen molar-refractivity contribution in [1.82, 2.24) is 14.1 Å². The Hall–Kier alpha value is -1.19. The molecular formula is C23H37ClN4O3S. The summed E-state index contributed by atoms with van der Waals surface area (Å²) in [4.78, 5) is 17.2. The van der Waals surface area contributed by atoms with Gasteiger partial charge in [0, 0.05) is 50.3 Å². The molecule has 1 aliphatic carbocycles. The van der Waals surface area contributed by atoms with Gasteiger partial charge in [-0.15, -0.1) is 0 Å². The third kappa shape index (κ3) is 6.67. The lowest BCUT2D eigenvalue weighted by atomic mass is 9.95. The van der Waals surface area contributed by atoms with E-state index in [-0.39, 0.29) is 11.9 Å². The minimum absolute atomic E-state index is 0.0247. The SMILES string of the molecule is CCN(CC(C1CCCC1)N1CCN(C(=O)C(N)Cc2ccc(Cl)cc2)CC1)S(C)(=O)=O. The van der Waals surface area contributed by atoms with Crippen LogP contribution in [0.3, 0.4) is 0 Å². The number of hydrogen-bond acceptors (Lipinski definition) is 5. The number of benzene rings is 1. The van der Waals surface area contributed by atoms with E-state index < -0.39 is 16.1 Å². The van der Waals surface area contributed by atoms with Crippen LogP contribution in [0.25, 0.3) is 0 Å². The molecule has 0 bridgehead atoms. The van der Waals surface area contributed by atoms with E-state index in [1.54, 1.807) is 4.31 Å². The topological polar surface area (TPSA) is 86.9 Å². The minimum atomic E-state index is -3.23. The zero-order chi connectivity index (χ0) is 23.3. The van der Waals surface area contributed by atoms with Gasteiger partial charge in [-0.05, 0) is 42.9 Å². The molecule has 1 saturated heterocycles. The summed E-state index contributed by atoms with van der Waals surface area (Å²) >= 11 is 5.94.